The summed E-state index contributed by atoms with van der Waals surface area (Å²) in [6.45, 7) is 0.451. The minimum atomic E-state index is -3.57. The first-order valence-corrected chi connectivity index (χ1v) is 9.97. The number of hydrogen-bond donors (Lipinski definition) is 1. The highest BCUT2D eigenvalue weighted by Gasteiger charge is 2.21. The van der Waals surface area contributed by atoms with Crippen LogP contribution in [0, 0.1) is 0 Å². The van der Waals surface area contributed by atoms with Gasteiger partial charge in [0.25, 0.3) is 5.91 Å². The van der Waals surface area contributed by atoms with E-state index >= 15 is 0 Å². The smallest absolute Gasteiger partial charge is 0.270 e. The molecule has 2 rings (SSSR count). The highest BCUT2D eigenvalue weighted by molar-refractivity contribution is 7.98. The van der Waals surface area contributed by atoms with Gasteiger partial charge in [-0.15, -0.1) is 11.8 Å². The average Bonchev–Trinajstić information content (AvgIpc) is 2.97. The summed E-state index contributed by atoms with van der Waals surface area (Å²) in [5.41, 5.74) is 1.34. The van der Waals surface area contributed by atoms with Crippen LogP contribution in [0.15, 0.2) is 46.3 Å². The molecule has 0 radical (unpaired) electrons. The van der Waals surface area contributed by atoms with E-state index in [1.807, 2.05) is 30.5 Å². The summed E-state index contributed by atoms with van der Waals surface area (Å²) in [6.07, 6.45) is 3.44. The lowest BCUT2D eigenvalue weighted by atomic mass is 10.2. The minimum absolute atomic E-state index is 0.0774. The van der Waals surface area contributed by atoms with Crippen LogP contribution in [0.1, 0.15) is 16.1 Å². The molecule has 1 amide bonds. The number of sulfonamides is 1. The summed E-state index contributed by atoms with van der Waals surface area (Å²) in [5, 5.41) is 0. The molecule has 1 aromatic heterocycles. The maximum Gasteiger partial charge on any atom is 0.270 e. The van der Waals surface area contributed by atoms with Gasteiger partial charge < -0.3 is 9.47 Å². The third-order valence-corrected chi connectivity index (χ3v) is 5.83. The van der Waals surface area contributed by atoms with Gasteiger partial charge in [-0.25, -0.2) is 13.1 Å². The van der Waals surface area contributed by atoms with E-state index in [0.29, 0.717) is 12.2 Å². The van der Waals surface area contributed by atoms with Gasteiger partial charge in [-0.05, 0) is 37.1 Å². The van der Waals surface area contributed by atoms with Crippen molar-refractivity contribution in [2.75, 3.05) is 20.4 Å². The second-order valence-corrected chi connectivity index (χ2v) is 8.15. The lowest BCUT2D eigenvalue weighted by Gasteiger charge is -2.17. The van der Waals surface area contributed by atoms with Gasteiger partial charge in [-0.1, -0.05) is 12.1 Å². The third kappa shape index (κ3) is 4.00. The monoisotopic (exact) mass is 367 g/mol. The van der Waals surface area contributed by atoms with Crippen LogP contribution in [0.5, 0.6) is 0 Å². The molecule has 130 valence electrons. The van der Waals surface area contributed by atoms with Crippen LogP contribution in [0.25, 0.3) is 0 Å². The van der Waals surface area contributed by atoms with Gasteiger partial charge >= 0.3 is 0 Å². The molecule has 0 saturated carbocycles. The summed E-state index contributed by atoms with van der Waals surface area (Å²) in [7, 11) is 1.13. The number of hydrogen-bond acceptors (Lipinski definition) is 4. The van der Waals surface area contributed by atoms with Gasteiger partial charge in [0.1, 0.15) is 10.6 Å². The Kier molecular flexibility index (Phi) is 5.74. The number of amides is 1. The molecule has 0 atom stereocenters. The molecule has 1 aromatic carbocycles. The summed E-state index contributed by atoms with van der Waals surface area (Å²) in [6, 6.07) is 9.38. The van der Waals surface area contributed by atoms with Crippen molar-refractivity contribution in [2.45, 2.75) is 16.3 Å². The van der Waals surface area contributed by atoms with Crippen molar-refractivity contribution in [3.05, 3.63) is 47.8 Å². The lowest BCUT2D eigenvalue weighted by Crippen LogP contribution is -2.27. The summed E-state index contributed by atoms with van der Waals surface area (Å²) in [4.78, 5) is 15.4. The quantitative estimate of drug-likeness (QED) is 0.792. The Bertz CT molecular complexity index is 827. The highest BCUT2D eigenvalue weighted by Crippen LogP contribution is 2.18. The zero-order chi connectivity index (χ0) is 17.9. The van der Waals surface area contributed by atoms with Crippen molar-refractivity contribution in [3.8, 4) is 0 Å². The Morgan fingerprint density at radius 1 is 1.29 bits per heavy atom. The molecule has 0 aliphatic heterocycles. The third-order valence-electron chi connectivity index (χ3n) is 3.70. The predicted octanol–water partition coefficient (Wildman–Crippen LogP) is 1.93. The fourth-order valence-corrected chi connectivity index (χ4v) is 3.49. The Morgan fingerprint density at radius 2 is 1.92 bits per heavy atom. The van der Waals surface area contributed by atoms with Crippen molar-refractivity contribution in [3.63, 3.8) is 0 Å². The van der Waals surface area contributed by atoms with Crippen molar-refractivity contribution < 1.29 is 13.2 Å². The molecule has 0 saturated heterocycles. The zero-order valence-electron chi connectivity index (χ0n) is 14.1. The van der Waals surface area contributed by atoms with E-state index in [1.165, 1.54) is 23.9 Å². The van der Waals surface area contributed by atoms with E-state index < -0.39 is 10.0 Å². The molecule has 0 bridgehead atoms. The van der Waals surface area contributed by atoms with E-state index in [2.05, 4.69) is 4.72 Å². The standard InChI is InChI=1S/C16H21N3O3S2/c1-17-24(21,22)14-9-15(18(2)11-14)16(20)19(3)10-12-5-7-13(23-4)8-6-12/h5-9,11,17H,10H2,1-4H3. The normalized spacial score (nSPS) is 11.5. The number of aromatic nitrogens is 1. The van der Waals surface area contributed by atoms with Crippen LogP contribution in [-0.2, 0) is 23.6 Å². The average molecular weight is 367 g/mol. The molecular formula is C16H21N3O3S2. The largest absolute Gasteiger partial charge is 0.345 e. The van der Waals surface area contributed by atoms with E-state index in [1.54, 1.807) is 30.8 Å². The molecule has 0 aliphatic rings. The predicted molar refractivity (Wildman–Crippen MR) is 95.7 cm³/mol. The second-order valence-electron chi connectivity index (χ2n) is 5.39. The summed E-state index contributed by atoms with van der Waals surface area (Å²) < 4.78 is 27.5. The van der Waals surface area contributed by atoms with Gasteiger partial charge in [-0.3, -0.25) is 4.79 Å². The molecular weight excluding hydrogens is 346 g/mol. The van der Waals surface area contributed by atoms with Crippen LogP contribution < -0.4 is 4.72 Å². The molecule has 8 heteroatoms. The molecule has 1 heterocycles. The number of carbonyl (C=O) groups excluding carboxylic acids is 1. The number of thioether (sulfide) groups is 1. The maximum atomic E-state index is 12.6. The van der Waals surface area contributed by atoms with Crippen LogP contribution in [0.3, 0.4) is 0 Å². The Balaban J connectivity index is 2.18. The first-order valence-electron chi connectivity index (χ1n) is 7.27. The summed E-state index contributed by atoms with van der Waals surface area (Å²) >= 11 is 1.66. The van der Waals surface area contributed by atoms with E-state index in [4.69, 9.17) is 0 Å². The minimum Gasteiger partial charge on any atom is -0.345 e. The fourth-order valence-electron chi connectivity index (χ4n) is 2.28. The zero-order valence-corrected chi connectivity index (χ0v) is 15.7. The first-order chi connectivity index (χ1) is 11.3. The number of rotatable bonds is 6. The van der Waals surface area contributed by atoms with Crippen molar-refractivity contribution in [1.82, 2.24) is 14.2 Å². The van der Waals surface area contributed by atoms with Crippen LogP contribution >= 0.6 is 11.8 Å². The van der Waals surface area contributed by atoms with Gasteiger partial charge in [0, 0.05) is 31.7 Å². The van der Waals surface area contributed by atoms with Gasteiger partial charge in [0.2, 0.25) is 10.0 Å². The lowest BCUT2D eigenvalue weighted by molar-refractivity contribution is 0.0775. The van der Waals surface area contributed by atoms with Gasteiger partial charge in [0.05, 0.1) is 0 Å². The fraction of sp³-hybridized carbons (Fsp3) is 0.312. The van der Waals surface area contributed by atoms with Gasteiger partial charge in [0.15, 0.2) is 0 Å². The Morgan fingerprint density at radius 3 is 2.46 bits per heavy atom. The Labute approximate surface area is 146 Å². The van der Waals surface area contributed by atoms with E-state index in [9.17, 15) is 13.2 Å². The summed E-state index contributed by atoms with van der Waals surface area (Å²) in [5.74, 6) is -0.232. The van der Waals surface area contributed by atoms with E-state index in [-0.39, 0.29) is 10.8 Å². The number of nitrogens with one attached hydrogen (secondary N) is 1. The molecule has 24 heavy (non-hydrogen) atoms. The van der Waals surface area contributed by atoms with Gasteiger partial charge in [-0.2, -0.15) is 0 Å². The molecule has 0 spiro atoms. The molecule has 0 fully saturated rings. The Hall–Kier alpha value is -1.77. The molecule has 2 aromatic rings. The molecule has 0 unspecified atom stereocenters. The molecule has 1 N–H and O–H groups in total. The van der Waals surface area contributed by atoms with Crippen molar-refractivity contribution in [2.24, 2.45) is 7.05 Å². The van der Waals surface area contributed by atoms with Crippen molar-refractivity contribution in [1.29, 1.82) is 0 Å². The first kappa shape index (κ1) is 18.6. The highest BCUT2D eigenvalue weighted by atomic mass is 32.2. The number of carbonyl (C=O) groups is 1. The van der Waals surface area contributed by atoms with E-state index in [0.717, 1.165) is 10.5 Å². The maximum absolute atomic E-state index is 12.6. The molecule has 6 nitrogen and oxygen atoms in total. The number of aryl methyl sites for hydroxylation is 1. The topological polar surface area (TPSA) is 71.4 Å². The van der Waals surface area contributed by atoms with Crippen LogP contribution in [-0.4, -0.2) is 44.1 Å². The number of benzene rings is 1. The van der Waals surface area contributed by atoms with Crippen LogP contribution in [0.2, 0.25) is 0 Å². The second kappa shape index (κ2) is 7.42. The van der Waals surface area contributed by atoms with Crippen molar-refractivity contribution >= 4 is 27.7 Å². The molecule has 0 aliphatic carbocycles. The van der Waals surface area contributed by atoms with Crippen LogP contribution in [0.4, 0.5) is 0 Å². The SMILES string of the molecule is CNS(=O)(=O)c1cc(C(=O)N(C)Cc2ccc(SC)cc2)n(C)c1. The number of nitrogens with zero attached hydrogens (tertiary/aromatic N) is 2.